The highest BCUT2D eigenvalue weighted by Gasteiger charge is 2.29. The van der Waals surface area contributed by atoms with Gasteiger partial charge in [-0.3, -0.25) is 9.69 Å². The quantitative estimate of drug-likeness (QED) is 0.764. The van der Waals surface area contributed by atoms with Crippen molar-refractivity contribution < 1.29 is 14.3 Å². The summed E-state index contributed by atoms with van der Waals surface area (Å²) in [7, 11) is 3.61. The number of likely N-dealkylation sites (N-methyl/N-ethyl adjacent to an activating group) is 1. The van der Waals surface area contributed by atoms with Gasteiger partial charge in [0.1, 0.15) is 6.04 Å². The molecule has 0 radical (unpaired) electrons. The first kappa shape index (κ1) is 15.7. The number of nitrogens with one attached hydrogen (secondary N) is 1. The molecule has 2 fully saturated rings. The number of carbonyl (C=O) groups is 1. The lowest BCUT2D eigenvalue weighted by Crippen LogP contribution is -2.58. The number of carbonyl (C=O) groups excluding carboxylic acids is 1. The topological polar surface area (TPSA) is 54.0 Å². The minimum Gasteiger partial charge on any atom is -0.353 e. The number of amides is 1. The molecule has 116 valence electrons. The van der Waals surface area contributed by atoms with E-state index in [0.29, 0.717) is 6.61 Å². The van der Waals surface area contributed by atoms with Crippen LogP contribution in [0.2, 0.25) is 0 Å². The van der Waals surface area contributed by atoms with Crippen molar-refractivity contribution >= 4 is 5.91 Å². The van der Waals surface area contributed by atoms with Gasteiger partial charge in [0.2, 0.25) is 5.91 Å². The van der Waals surface area contributed by atoms with E-state index in [1.807, 2.05) is 14.1 Å². The largest absolute Gasteiger partial charge is 0.353 e. The van der Waals surface area contributed by atoms with Crippen molar-refractivity contribution in [1.82, 2.24) is 15.1 Å². The number of ether oxygens (including phenoxy) is 2. The molecule has 2 heterocycles. The Labute approximate surface area is 121 Å². The van der Waals surface area contributed by atoms with Crippen LogP contribution in [0.5, 0.6) is 0 Å². The lowest BCUT2D eigenvalue weighted by molar-refractivity contribution is -0.166. The predicted octanol–water partition coefficient (Wildman–Crippen LogP) is -0.108. The van der Waals surface area contributed by atoms with Gasteiger partial charge in [-0.25, -0.2) is 0 Å². The molecule has 2 unspecified atom stereocenters. The van der Waals surface area contributed by atoms with Crippen LogP contribution in [0.25, 0.3) is 0 Å². The van der Waals surface area contributed by atoms with Crippen LogP contribution >= 0.6 is 0 Å². The fraction of sp³-hybridized carbons (Fsp3) is 0.929. The van der Waals surface area contributed by atoms with E-state index in [1.165, 1.54) is 6.42 Å². The number of rotatable bonds is 5. The van der Waals surface area contributed by atoms with Crippen LogP contribution in [0.15, 0.2) is 0 Å². The van der Waals surface area contributed by atoms with Gasteiger partial charge in [0.05, 0.1) is 6.61 Å². The fourth-order valence-electron chi connectivity index (χ4n) is 2.70. The maximum atomic E-state index is 12.2. The lowest BCUT2D eigenvalue weighted by atomic mass is 10.1. The Morgan fingerprint density at radius 1 is 1.45 bits per heavy atom. The average Bonchev–Trinajstić information content (AvgIpc) is 2.48. The van der Waals surface area contributed by atoms with Crippen LogP contribution in [-0.2, 0) is 14.3 Å². The highest BCUT2D eigenvalue weighted by molar-refractivity contribution is 5.81. The van der Waals surface area contributed by atoms with Crippen LogP contribution < -0.4 is 5.32 Å². The maximum absolute atomic E-state index is 12.2. The summed E-state index contributed by atoms with van der Waals surface area (Å²) in [5, 5.41) is 3.29. The third-order valence-electron chi connectivity index (χ3n) is 3.90. The molecule has 0 aliphatic carbocycles. The highest BCUT2D eigenvalue weighted by atomic mass is 16.7. The molecule has 0 bridgehead atoms. The smallest absolute Gasteiger partial charge is 0.240 e. The molecule has 2 saturated heterocycles. The minimum atomic E-state index is -0.0744. The zero-order valence-electron chi connectivity index (χ0n) is 12.6. The van der Waals surface area contributed by atoms with E-state index in [4.69, 9.17) is 9.47 Å². The monoisotopic (exact) mass is 285 g/mol. The number of hydrogen-bond acceptors (Lipinski definition) is 5. The molecular formula is C14H27N3O3. The molecule has 1 N–H and O–H groups in total. The van der Waals surface area contributed by atoms with E-state index in [2.05, 4.69) is 10.2 Å². The molecule has 1 amide bonds. The van der Waals surface area contributed by atoms with Crippen LogP contribution in [0.3, 0.4) is 0 Å². The van der Waals surface area contributed by atoms with Crippen molar-refractivity contribution in [3.05, 3.63) is 0 Å². The zero-order chi connectivity index (χ0) is 14.4. The summed E-state index contributed by atoms with van der Waals surface area (Å²) in [6.45, 7) is 4.75. The molecular weight excluding hydrogens is 258 g/mol. The highest BCUT2D eigenvalue weighted by Crippen LogP contribution is 2.14. The van der Waals surface area contributed by atoms with Crippen LogP contribution in [0.1, 0.15) is 19.3 Å². The van der Waals surface area contributed by atoms with E-state index in [9.17, 15) is 4.79 Å². The van der Waals surface area contributed by atoms with Gasteiger partial charge in [-0.15, -0.1) is 0 Å². The second kappa shape index (κ2) is 7.93. The third-order valence-corrected chi connectivity index (χ3v) is 3.90. The summed E-state index contributed by atoms with van der Waals surface area (Å²) < 4.78 is 11.3. The summed E-state index contributed by atoms with van der Waals surface area (Å²) in [5.41, 5.74) is 0. The molecule has 2 aliphatic heterocycles. The molecule has 6 heteroatoms. The predicted molar refractivity (Wildman–Crippen MR) is 76.5 cm³/mol. The van der Waals surface area contributed by atoms with Gasteiger partial charge in [0, 0.05) is 46.9 Å². The van der Waals surface area contributed by atoms with E-state index in [1.54, 1.807) is 4.90 Å². The van der Waals surface area contributed by atoms with Crippen molar-refractivity contribution in [3.63, 3.8) is 0 Å². The number of piperazine rings is 1. The molecule has 0 saturated carbocycles. The Balaban J connectivity index is 1.75. The normalized spacial score (nSPS) is 28.3. The van der Waals surface area contributed by atoms with Crippen molar-refractivity contribution in [2.75, 3.05) is 53.5 Å². The van der Waals surface area contributed by atoms with Gasteiger partial charge >= 0.3 is 0 Å². The van der Waals surface area contributed by atoms with Gasteiger partial charge < -0.3 is 19.7 Å². The van der Waals surface area contributed by atoms with Crippen LogP contribution in [0, 0.1) is 0 Å². The SMILES string of the molecule is CN(C)C(=O)C1CNCCN1CCOC1CCCCO1. The molecule has 0 aromatic rings. The van der Waals surface area contributed by atoms with Crippen LogP contribution in [0.4, 0.5) is 0 Å². The first-order chi connectivity index (χ1) is 9.68. The molecule has 2 aliphatic rings. The van der Waals surface area contributed by atoms with Crippen molar-refractivity contribution in [2.45, 2.75) is 31.6 Å². The van der Waals surface area contributed by atoms with Gasteiger partial charge in [0.15, 0.2) is 6.29 Å². The van der Waals surface area contributed by atoms with Gasteiger partial charge in [-0.1, -0.05) is 0 Å². The molecule has 0 aromatic heterocycles. The summed E-state index contributed by atoms with van der Waals surface area (Å²) in [4.78, 5) is 16.0. The Morgan fingerprint density at radius 2 is 2.30 bits per heavy atom. The summed E-state index contributed by atoms with van der Waals surface area (Å²) in [6.07, 6.45) is 3.26. The molecule has 2 atom stereocenters. The summed E-state index contributed by atoms with van der Waals surface area (Å²) >= 11 is 0. The molecule has 0 spiro atoms. The number of nitrogens with zero attached hydrogens (tertiary/aromatic N) is 2. The summed E-state index contributed by atoms with van der Waals surface area (Å²) in [5.74, 6) is 0.158. The van der Waals surface area contributed by atoms with Crippen molar-refractivity contribution in [2.24, 2.45) is 0 Å². The zero-order valence-corrected chi connectivity index (χ0v) is 12.6. The average molecular weight is 285 g/mol. The van der Waals surface area contributed by atoms with Crippen molar-refractivity contribution in [1.29, 1.82) is 0 Å². The molecule has 2 rings (SSSR count). The Bertz CT molecular complexity index is 306. The Morgan fingerprint density at radius 3 is 3.00 bits per heavy atom. The van der Waals surface area contributed by atoms with Gasteiger partial charge in [-0.2, -0.15) is 0 Å². The first-order valence-electron chi connectivity index (χ1n) is 7.57. The Kier molecular flexibility index (Phi) is 6.22. The van der Waals surface area contributed by atoms with Crippen LogP contribution in [-0.4, -0.2) is 81.5 Å². The molecule has 0 aromatic carbocycles. The minimum absolute atomic E-state index is 0.0466. The van der Waals surface area contributed by atoms with E-state index < -0.39 is 0 Å². The third kappa shape index (κ3) is 4.41. The van der Waals surface area contributed by atoms with Gasteiger partial charge in [-0.05, 0) is 19.3 Å². The standard InChI is InChI=1S/C14H27N3O3/c1-16(2)14(18)12-11-15-6-7-17(12)8-10-20-13-5-3-4-9-19-13/h12-13,15H,3-11H2,1-2H3. The second-order valence-electron chi connectivity index (χ2n) is 5.66. The first-order valence-corrected chi connectivity index (χ1v) is 7.57. The maximum Gasteiger partial charge on any atom is 0.240 e. The molecule has 20 heavy (non-hydrogen) atoms. The van der Waals surface area contributed by atoms with Crippen molar-refractivity contribution in [3.8, 4) is 0 Å². The Hall–Kier alpha value is -0.690. The second-order valence-corrected chi connectivity index (χ2v) is 5.66. The number of hydrogen-bond donors (Lipinski definition) is 1. The fourth-order valence-corrected chi connectivity index (χ4v) is 2.70. The van der Waals surface area contributed by atoms with E-state index >= 15 is 0 Å². The lowest BCUT2D eigenvalue weighted by Gasteiger charge is -2.36. The van der Waals surface area contributed by atoms with Gasteiger partial charge in [0.25, 0.3) is 0 Å². The van der Waals surface area contributed by atoms with E-state index in [0.717, 1.165) is 45.6 Å². The molecule has 6 nitrogen and oxygen atoms in total. The van der Waals surface area contributed by atoms with E-state index in [-0.39, 0.29) is 18.2 Å². The summed E-state index contributed by atoms with van der Waals surface area (Å²) in [6, 6.07) is -0.0744.